The van der Waals surface area contributed by atoms with E-state index in [0.717, 1.165) is 0 Å². The fourth-order valence-corrected chi connectivity index (χ4v) is 0.806. The van der Waals surface area contributed by atoms with Gasteiger partial charge in [0, 0.05) is 0 Å². The predicted octanol–water partition coefficient (Wildman–Crippen LogP) is 1.40. The van der Waals surface area contributed by atoms with E-state index in [9.17, 15) is 22.4 Å². The second kappa shape index (κ2) is 3.60. The molecule has 7 heteroatoms. The lowest BCUT2D eigenvalue weighted by Crippen LogP contribution is -2.17. The number of hydrogen-bond acceptors (Lipinski definition) is 2. The van der Waals surface area contributed by atoms with E-state index >= 15 is 0 Å². The topological polar surface area (TPSA) is 56.0 Å². The number of rotatable bonds is 2. The highest BCUT2D eigenvalue weighted by atomic mass is 19.3. The Morgan fingerprint density at radius 3 is 2.43 bits per heavy atom. The van der Waals surface area contributed by atoms with Crippen LogP contribution in [0.3, 0.4) is 0 Å². The van der Waals surface area contributed by atoms with Crippen molar-refractivity contribution in [3.05, 3.63) is 29.1 Å². The highest BCUT2D eigenvalue weighted by molar-refractivity contribution is 5.90. The minimum atomic E-state index is -3.20. The van der Waals surface area contributed by atoms with Gasteiger partial charge in [-0.25, -0.2) is 18.2 Å². The Morgan fingerprint density at radius 1 is 1.43 bits per heavy atom. The van der Waals surface area contributed by atoms with Crippen LogP contribution in [0.4, 0.5) is 17.6 Å². The lowest BCUT2D eigenvalue weighted by atomic mass is 10.2. The van der Waals surface area contributed by atoms with Crippen molar-refractivity contribution in [1.29, 1.82) is 0 Å². The second-order valence-electron chi connectivity index (χ2n) is 2.36. The molecule has 76 valence electrons. The smallest absolute Gasteiger partial charge is 0.270 e. The van der Waals surface area contributed by atoms with Gasteiger partial charge in [-0.05, 0) is 6.07 Å². The molecule has 0 aliphatic rings. The molecule has 0 aromatic carbocycles. The molecule has 1 heterocycles. The van der Waals surface area contributed by atoms with Gasteiger partial charge in [-0.3, -0.25) is 4.79 Å². The van der Waals surface area contributed by atoms with Crippen LogP contribution in [0.1, 0.15) is 22.5 Å². The normalized spacial score (nSPS) is 10.6. The molecule has 0 saturated carbocycles. The summed E-state index contributed by atoms with van der Waals surface area (Å²) in [5.74, 6) is -4.29. The maximum Gasteiger partial charge on any atom is 0.270 e. The number of halogens is 4. The summed E-state index contributed by atoms with van der Waals surface area (Å²) in [5.41, 5.74) is 2.42. The molecule has 0 radical (unpaired) electrons. The molecule has 3 nitrogen and oxygen atoms in total. The average Bonchev–Trinajstić information content (AvgIpc) is 2.07. The summed E-state index contributed by atoms with van der Waals surface area (Å²) in [4.78, 5) is 13.1. The van der Waals surface area contributed by atoms with Crippen LogP contribution in [0.15, 0.2) is 6.07 Å². The molecule has 0 aliphatic carbocycles. The summed E-state index contributed by atoms with van der Waals surface area (Å²) < 4.78 is 49.4. The zero-order chi connectivity index (χ0) is 10.9. The Labute approximate surface area is 75.5 Å². The number of alkyl halides is 2. The molecular weight excluding hydrogens is 204 g/mol. The van der Waals surface area contributed by atoms with E-state index in [2.05, 4.69) is 10.7 Å². The van der Waals surface area contributed by atoms with Crippen LogP contribution < -0.4 is 5.73 Å². The largest absolute Gasteiger partial charge is 0.364 e. The quantitative estimate of drug-likeness (QED) is 0.589. The van der Waals surface area contributed by atoms with Crippen molar-refractivity contribution in [2.24, 2.45) is 5.73 Å². The van der Waals surface area contributed by atoms with Crippen molar-refractivity contribution in [2.75, 3.05) is 0 Å². The molecule has 1 aromatic heterocycles. The van der Waals surface area contributed by atoms with Gasteiger partial charge in [0.25, 0.3) is 12.3 Å². The fraction of sp³-hybridized carbons (Fsp3) is 0.143. The minimum Gasteiger partial charge on any atom is -0.364 e. The number of nitrogens with zero attached hydrogens (tertiary/aromatic N) is 1. The van der Waals surface area contributed by atoms with Crippen molar-refractivity contribution >= 4 is 5.91 Å². The number of nitrogens with two attached hydrogens (primary N) is 1. The van der Waals surface area contributed by atoms with Gasteiger partial charge in [-0.1, -0.05) is 0 Å². The molecule has 14 heavy (non-hydrogen) atoms. The monoisotopic (exact) mass is 208 g/mol. The third-order valence-corrected chi connectivity index (χ3v) is 1.43. The fourth-order valence-electron chi connectivity index (χ4n) is 0.806. The van der Waals surface area contributed by atoms with Crippen LogP contribution in [0.2, 0.25) is 0 Å². The maximum absolute atomic E-state index is 12.8. The molecule has 0 atom stereocenters. The Morgan fingerprint density at radius 2 is 2.00 bits per heavy atom. The van der Waals surface area contributed by atoms with Gasteiger partial charge in [0.1, 0.15) is 0 Å². The summed E-state index contributed by atoms with van der Waals surface area (Å²) in [7, 11) is 0. The molecule has 0 bridgehead atoms. The molecule has 1 aromatic rings. The van der Waals surface area contributed by atoms with Gasteiger partial charge in [-0.15, -0.1) is 0 Å². The summed E-state index contributed by atoms with van der Waals surface area (Å²) >= 11 is 0. The van der Waals surface area contributed by atoms with Crippen LogP contribution >= 0.6 is 0 Å². The third-order valence-electron chi connectivity index (χ3n) is 1.43. The summed E-state index contributed by atoms with van der Waals surface area (Å²) in [6.07, 6.45) is -3.20. The Balaban J connectivity index is 3.31. The molecule has 0 unspecified atom stereocenters. The number of amides is 1. The lowest BCUT2D eigenvalue weighted by molar-refractivity contribution is 0.0987. The number of hydrogen-bond donors (Lipinski definition) is 1. The first-order valence-electron chi connectivity index (χ1n) is 3.37. The van der Waals surface area contributed by atoms with Crippen LogP contribution in [0.5, 0.6) is 0 Å². The zero-order valence-electron chi connectivity index (χ0n) is 6.60. The molecule has 1 rings (SSSR count). The molecule has 0 fully saturated rings. The number of carbonyl (C=O) groups excluding carboxylic acids is 1. The Hall–Kier alpha value is -1.66. The first-order valence-corrected chi connectivity index (χ1v) is 3.37. The first kappa shape index (κ1) is 10.4. The van der Waals surface area contributed by atoms with E-state index in [4.69, 9.17) is 0 Å². The van der Waals surface area contributed by atoms with E-state index in [0.29, 0.717) is 0 Å². The van der Waals surface area contributed by atoms with Gasteiger partial charge < -0.3 is 5.73 Å². The number of pyridine rings is 1. The molecule has 0 aliphatic heterocycles. The van der Waals surface area contributed by atoms with Gasteiger partial charge in [0.15, 0.2) is 11.5 Å². The molecular formula is C7H4F4N2O. The van der Waals surface area contributed by atoms with E-state index in [-0.39, 0.29) is 6.07 Å². The van der Waals surface area contributed by atoms with Crippen LogP contribution in [0.25, 0.3) is 0 Å². The summed E-state index contributed by atoms with van der Waals surface area (Å²) in [5, 5.41) is 0. The Bertz CT molecular complexity index is 380. The molecule has 1 amide bonds. The Kier molecular flexibility index (Phi) is 2.68. The first-order chi connectivity index (χ1) is 6.43. The van der Waals surface area contributed by atoms with E-state index in [1.807, 2.05) is 0 Å². The standard InChI is InChI=1S/C7H4F4N2O/c8-3-1-2(5(9)10)6(11)13-4(3)7(12)14/h1,5H,(H2,12,14). The van der Waals surface area contributed by atoms with E-state index in [1.54, 1.807) is 0 Å². The van der Waals surface area contributed by atoms with Gasteiger partial charge in [0.05, 0.1) is 5.56 Å². The van der Waals surface area contributed by atoms with E-state index < -0.39 is 35.4 Å². The van der Waals surface area contributed by atoms with Crippen molar-refractivity contribution in [2.45, 2.75) is 6.43 Å². The second-order valence-corrected chi connectivity index (χ2v) is 2.36. The lowest BCUT2D eigenvalue weighted by Gasteiger charge is -2.03. The third kappa shape index (κ3) is 1.81. The summed E-state index contributed by atoms with van der Waals surface area (Å²) in [6, 6.07) is 0.201. The zero-order valence-corrected chi connectivity index (χ0v) is 6.60. The number of carbonyl (C=O) groups is 1. The predicted molar refractivity (Wildman–Crippen MR) is 37.6 cm³/mol. The van der Waals surface area contributed by atoms with Crippen molar-refractivity contribution in [1.82, 2.24) is 4.98 Å². The highest BCUT2D eigenvalue weighted by Gasteiger charge is 2.20. The van der Waals surface area contributed by atoms with Crippen LogP contribution in [-0.2, 0) is 0 Å². The number of aromatic nitrogens is 1. The maximum atomic E-state index is 12.8. The highest BCUT2D eigenvalue weighted by Crippen LogP contribution is 2.22. The van der Waals surface area contributed by atoms with Gasteiger partial charge in [0.2, 0.25) is 5.95 Å². The SMILES string of the molecule is NC(=O)c1nc(F)c(C(F)F)cc1F. The van der Waals surface area contributed by atoms with Crippen LogP contribution in [0, 0.1) is 11.8 Å². The van der Waals surface area contributed by atoms with E-state index in [1.165, 1.54) is 0 Å². The van der Waals surface area contributed by atoms with Gasteiger partial charge in [-0.2, -0.15) is 4.39 Å². The summed E-state index contributed by atoms with van der Waals surface area (Å²) in [6.45, 7) is 0. The minimum absolute atomic E-state index is 0.201. The van der Waals surface area contributed by atoms with Crippen LogP contribution in [-0.4, -0.2) is 10.9 Å². The average molecular weight is 208 g/mol. The molecule has 0 saturated heterocycles. The number of primary amides is 1. The molecule has 0 spiro atoms. The van der Waals surface area contributed by atoms with Crippen molar-refractivity contribution in [3.8, 4) is 0 Å². The van der Waals surface area contributed by atoms with Crippen molar-refractivity contribution < 1.29 is 22.4 Å². The molecule has 2 N–H and O–H groups in total. The van der Waals surface area contributed by atoms with Crippen molar-refractivity contribution in [3.63, 3.8) is 0 Å². The van der Waals surface area contributed by atoms with Gasteiger partial charge >= 0.3 is 0 Å².